The zero-order chi connectivity index (χ0) is 13.2. The summed E-state index contributed by atoms with van der Waals surface area (Å²) >= 11 is 0. The molecule has 0 saturated carbocycles. The number of para-hydroxylation sites is 1. The molecule has 0 radical (unpaired) electrons. The zero-order valence-electron chi connectivity index (χ0n) is 9.56. The Bertz CT molecular complexity index is 457. The van der Waals surface area contributed by atoms with Crippen LogP contribution in [0.1, 0.15) is 0 Å². The Balaban J connectivity index is 2.14. The second-order valence-corrected chi connectivity index (χ2v) is 4.40. The van der Waals surface area contributed by atoms with Crippen molar-refractivity contribution in [3.63, 3.8) is 0 Å². The molecule has 1 heterocycles. The number of rotatable bonds is 5. The first-order chi connectivity index (χ1) is 8.58. The summed E-state index contributed by atoms with van der Waals surface area (Å²) in [5.41, 5.74) is -0.897. The van der Waals surface area contributed by atoms with Crippen LogP contribution in [-0.4, -0.2) is 36.4 Å². The van der Waals surface area contributed by atoms with E-state index in [4.69, 9.17) is 4.74 Å². The quantitative estimate of drug-likeness (QED) is 0.610. The molecule has 1 aliphatic rings. The van der Waals surface area contributed by atoms with Crippen LogP contribution in [0.2, 0.25) is 0 Å². The second kappa shape index (κ2) is 4.87. The Morgan fingerprint density at radius 2 is 2.28 bits per heavy atom. The molecule has 1 aromatic rings. The smallest absolute Gasteiger partial charge is 0.327 e. The number of ether oxygens (including phenoxy) is 1. The Morgan fingerprint density at radius 1 is 1.56 bits per heavy atom. The van der Waals surface area contributed by atoms with E-state index in [1.807, 2.05) is 0 Å². The number of aliphatic hydroxyl groups excluding tert-OH is 1. The van der Waals surface area contributed by atoms with Gasteiger partial charge in [-0.05, 0) is 12.1 Å². The van der Waals surface area contributed by atoms with Crippen LogP contribution in [0.15, 0.2) is 18.2 Å². The summed E-state index contributed by atoms with van der Waals surface area (Å²) in [5.74, 6) is -0.882. The van der Waals surface area contributed by atoms with E-state index in [0.29, 0.717) is 19.8 Å². The van der Waals surface area contributed by atoms with Gasteiger partial charge >= 0.3 is 5.69 Å². The summed E-state index contributed by atoms with van der Waals surface area (Å²) in [6.45, 7) is 0.996. The fourth-order valence-electron chi connectivity index (χ4n) is 1.77. The summed E-state index contributed by atoms with van der Waals surface area (Å²) < 4.78 is 18.4. The van der Waals surface area contributed by atoms with Crippen LogP contribution in [0.4, 0.5) is 15.8 Å². The Morgan fingerprint density at radius 3 is 2.78 bits per heavy atom. The van der Waals surface area contributed by atoms with Gasteiger partial charge in [0, 0.05) is 6.54 Å². The molecular weight excluding hydrogens is 243 g/mol. The SMILES string of the molecule is O=[N+]([O-])c1c(F)cccc1NCC1(CO)COC1. The highest BCUT2D eigenvalue weighted by Gasteiger charge is 2.38. The van der Waals surface area contributed by atoms with E-state index in [9.17, 15) is 19.6 Å². The summed E-state index contributed by atoms with van der Waals surface area (Å²) in [5, 5.41) is 22.8. The lowest BCUT2D eigenvalue weighted by Gasteiger charge is -2.40. The van der Waals surface area contributed by atoms with Crippen molar-refractivity contribution in [1.29, 1.82) is 0 Å². The molecule has 6 nitrogen and oxygen atoms in total. The van der Waals surface area contributed by atoms with E-state index in [1.165, 1.54) is 12.1 Å². The molecular formula is C11H13FN2O4. The average molecular weight is 256 g/mol. The highest BCUT2D eigenvalue weighted by atomic mass is 19.1. The monoisotopic (exact) mass is 256 g/mol. The molecule has 0 unspecified atom stereocenters. The standard InChI is InChI=1S/C11H13FN2O4/c12-8-2-1-3-9(10(8)14(16)17)13-4-11(5-15)6-18-7-11/h1-3,13,15H,4-7H2. The van der Waals surface area contributed by atoms with Gasteiger partial charge in [-0.1, -0.05) is 6.07 Å². The lowest BCUT2D eigenvalue weighted by atomic mass is 9.87. The van der Waals surface area contributed by atoms with Gasteiger partial charge in [-0.2, -0.15) is 4.39 Å². The molecule has 2 rings (SSSR count). The number of benzene rings is 1. The number of hydrogen-bond donors (Lipinski definition) is 2. The molecule has 0 bridgehead atoms. The van der Waals surface area contributed by atoms with Gasteiger partial charge < -0.3 is 15.2 Å². The molecule has 0 aromatic heterocycles. The van der Waals surface area contributed by atoms with Crippen LogP contribution in [0, 0.1) is 21.3 Å². The van der Waals surface area contributed by atoms with Crippen molar-refractivity contribution in [2.45, 2.75) is 0 Å². The van der Waals surface area contributed by atoms with Crippen LogP contribution in [0.25, 0.3) is 0 Å². The second-order valence-electron chi connectivity index (χ2n) is 4.40. The number of nitro benzene ring substituents is 1. The molecule has 1 fully saturated rings. The highest BCUT2D eigenvalue weighted by Crippen LogP contribution is 2.31. The predicted octanol–water partition coefficient (Wildman–Crippen LogP) is 1.15. The third-order valence-corrected chi connectivity index (χ3v) is 2.98. The van der Waals surface area contributed by atoms with Crippen molar-refractivity contribution < 1.29 is 19.2 Å². The minimum atomic E-state index is -0.882. The topological polar surface area (TPSA) is 84.6 Å². The lowest BCUT2D eigenvalue weighted by Crippen LogP contribution is -2.50. The molecule has 0 aliphatic carbocycles. The summed E-state index contributed by atoms with van der Waals surface area (Å²) in [7, 11) is 0. The van der Waals surface area contributed by atoms with E-state index >= 15 is 0 Å². The molecule has 0 amide bonds. The van der Waals surface area contributed by atoms with E-state index in [2.05, 4.69) is 5.32 Å². The molecule has 1 saturated heterocycles. The van der Waals surface area contributed by atoms with Crippen LogP contribution in [0.5, 0.6) is 0 Å². The number of hydrogen-bond acceptors (Lipinski definition) is 5. The van der Waals surface area contributed by atoms with Crippen molar-refractivity contribution >= 4 is 11.4 Å². The van der Waals surface area contributed by atoms with Crippen LogP contribution in [0.3, 0.4) is 0 Å². The van der Waals surface area contributed by atoms with Gasteiger partial charge in [-0.3, -0.25) is 10.1 Å². The number of halogens is 1. The fourth-order valence-corrected chi connectivity index (χ4v) is 1.77. The Hall–Kier alpha value is -1.73. The summed E-state index contributed by atoms with van der Waals surface area (Å²) in [6.07, 6.45) is 0. The number of nitro groups is 1. The molecule has 1 aromatic carbocycles. The number of nitrogens with zero attached hydrogens (tertiary/aromatic N) is 1. The zero-order valence-corrected chi connectivity index (χ0v) is 9.56. The first-order valence-electron chi connectivity index (χ1n) is 5.43. The van der Waals surface area contributed by atoms with Gasteiger partial charge in [0.25, 0.3) is 0 Å². The van der Waals surface area contributed by atoms with Crippen molar-refractivity contribution in [2.24, 2.45) is 5.41 Å². The molecule has 1 aliphatic heterocycles. The van der Waals surface area contributed by atoms with Gasteiger partial charge in [0.1, 0.15) is 5.69 Å². The van der Waals surface area contributed by atoms with E-state index in [1.54, 1.807) is 0 Å². The molecule has 98 valence electrons. The third-order valence-electron chi connectivity index (χ3n) is 2.98. The van der Waals surface area contributed by atoms with Crippen molar-refractivity contribution in [3.05, 3.63) is 34.1 Å². The minimum absolute atomic E-state index is 0.0802. The van der Waals surface area contributed by atoms with Gasteiger partial charge in [-0.15, -0.1) is 0 Å². The van der Waals surface area contributed by atoms with Crippen LogP contribution < -0.4 is 5.32 Å². The first-order valence-corrected chi connectivity index (χ1v) is 5.43. The molecule has 7 heteroatoms. The maximum absolute atomic E-state index is 13.3. The maximum Gasteiger partial charge on any atom is 0.327 e. The van der Waals surface area contributed by atoms with Crippen molar-refractivity contribution in [2.75, 3.05) is 31.7 Å². The molecule has 0 atom stereocenters. The Kier molecular flexibility index (Phi) is 3.44. The van der Waals surface area contributed by atoms with Crippen molar-refractivity contribution in [1.82, 2.24) is 0 Å². The van der Waals surface area contributed by atoms with Crippen molar-refractivity contribution in [3.8, 4) is 0 Å². The number of nitrogens with one attached hydrogen (secondary N) is 1. The normalized spacial score (nSPS) is 17.0. The van der Waals surface area contributed by atoms with Gasteiger partial charge in [0.15, 0.2) is 0 Å². The van der Waals surface area contributed by atoms with E-state index in [0.717, 1.165) is 6.07 Å². The van der Waals surface area contributed by atoms with Gasteiger partial charge in [0.2, 0.25) is 5.82 Å². The largest absolute Gasteiger partial charge is 0.396 e. The van der Waals surface area contributed by atoms with Crippen LogP contribution >= 0.6 is 0 Å². The van der Waals surface area contributed by atoms with Gasteiger partial charge in [-0.25, -0.2) is 0 Å². The lowest BCUT2D eigenvalue weighted by molar-refractivity contribution is -0.386. The van der Waals surface area contributed by atoms with Crippen LogP contribution in [-0.2, 0) is 4.74 Å². The molecule has 18 heavy (non-hydrogen) atoms. The number of aliphatic hydroxyl groups is 1. The summed E-state index contributed by atoms with van der Waals surface area (Å²) in [4.78, 5) is 10.0. The number of anilines is 1. The highest BCUT2D eigenvalue weighted by molar-refractivity contribution is 5.62. The minimum Gasteiger partial charge on any atom is -0.396 e. The third kappa shape index (κ3) is 2.27. The molecule has 2 N–H and O–H groups in total. The Labute approximate surface area is 103 Å². The average Bonchev–Trinajstić information content (AvgIpc) is 2.27. The molecule has 0 spiro atoms. The van der Waals surface area contributed by atoms with E-state index < -0.39 is 21.8 Å². The summed E-state index contributed by atoms with van der Waals surface area (Å²) in [6, 6.07) is 3.87. The van der Waals surface area contributed by atoms with Gasteiger partial charge in [0.05, 0.1) is 30.2 Å². The first kappa shape index (κ1) is 12.7. The predicted molar refractivity (Wildman–Crippen MR) is 61.9 cm³/mol. The fraction of sp³-hybridized carbons (Fsp3) is 0.455. The maximum atomic E-state index is 13.3. The van der Waals surface area contributed by atoms with E-state index in [-0.39, 0.29) is 12.3 Å².